The molecule has 2 aromatic rings. The normalized spacial score (nSPS) is 14.0. The summed E-state index contributed by atoms with van der Waals surface area (Å²) in [5, 5.41) is 5.43. The van der Waals surface area contributed by atoms with E-state index in [2.05, 4.69) is 22.8 Å². The predicted molar refractivity (Wildman–Crippen MR) is 121 cm³/mol. The Hall–Kier alpha value is -3.41. The van der Waals surface area contributed by atoms with Crippen LogP contribution in [0.25, 0.3) is 6.08 Å². The third-order valence-corrected chi connectivity index (χ3v) is 5.33. The fraction of sp³-hybridized carbons (Fsp3) is 0.320. The molecule has 1 aliphatic rings. The van der Waals surface area contributed by atoms with E-state index < -0.39 is 6.04 Å². The summed E-state index contributed by atoms with van der Waals surface area (Å²) < 4.78 is 0. The zero-order valence-corrected chi connectivity index (χ0v) is 17.8. The molecule has 0 aliphatic carbocycles. The average molecular weight is 420 g/mol. The van der Waals surface area contributed by atoms with Gasteiger partial charge in [-0.2, -0.15) is 0 Å². The van der Waals surface area contributed by atoms with E-state index in [1.165, 1.54) is 17.2 Å². The second kappa shape index (κ2) is 11.1. The maximum atomic E-state index is 12.5. The van der Waals surface area contributed by atoms with Crippen molar-refractivity contribution in [3.63, 3.8) is 0 Å². The highest BCUT2D eigenvalue weighted by Crippen LogP contribution is 2.19. The molecule has 0 saturated heterocycles. The molecule has 1 heterocycles. The number of carbonyl (C=O) groups excluding carboxylic acids is 3. The van der Waals surface area contributed by atoms with E-state index in [0.29, 0.717) is 25.9 Å². The number of hydrogen-bond acceptors (Lipinski definition) is 3. The molecule has 0 saturated carbocycles. The third-order valence-electron chi connectivity index (χ3n) is 5.33. The van der Waals surface area contributed by atoms with Gasteiger partial charge in [0.15, 0.2) is 0 Å². The molecule has 3 rings (SSSR count). The Morgan fingerprint density at radius 3 is 2.52 bits per heavy atom. The van der Waals surface area contributed by atoms with Gasteiger partial charge in [0.1, 0.15) is 6.04 Å². The molecule has 0 aromatic heterocycles. The Kier molecular flexibility index (Phi) is 7.98. The van der Waals surface area contributed by atoms with Crippen molar-refractivity contribution in [3.8, 4) is 0 Å². The summed E-state index contributed by atoms with van der Waals surface area (Å²) in [6.07, 6.45) is 4.95. The highest BCUT2D eigenvalue weighted by molar-refractivity contribution is 5.95. The fourth-order valence-corrected chi connectivity index (χ4v) is 3.53. The number of nitrogens with one attached hydrogen (secondary N) is 2. The van der Waals surface area contributed by atoms with Gasteiger partial charge in [-0.15, -0.1) is 0 Å². The minimum atomic E-state index is -0.651. The van der Waals surface area contributed by atoms with Gasteiger partial charge in [0, 0.05) is 32.1 Å². The lowest BCUT2D eigenvalue weighted by Gasteiger charge is -2.29. The number of carbonyl (C=O) groups is 3. The third kappa shape index (κ3) is 6.81. The van der Waals surface area contributed by atoms with E-state index in [0.717, 1.165) is 18.5 Å². The van der Waals surface area contributed by atoms with Gasteiger partial charge < -0.3 is 15.5 Å². The van der Waals surface area contributed by atoms with E-state index in [1.807, 2.05) is 47.4 Å². The van der Waals surface area contributed by atoms with Crippen LogP contribution in [0.2, 0.25) is 0 Å². The number of hydrogen-bond donors (Lipinski definition) is 2. The lowest BCUT2D eigenvalue weighted by atomic mass is 9.99. The van der Waals surface area contributed by atoms with Gasteiger partial charge in [-0.1, -0.05) is 54.6 Å². The second-order valence-electron chi connectivity index (χ2n) is 7.70. The minimum absolute atomic E-state index is 0.108. The summed E-state index contributed by atoms with van der Waals surface area (Å²) in [4.78, 5) is 38.5. The Morgan fingerprint density at radius 1 is 1.03 bits per heavy atom. The molecule has 1 atom stereocenters. The SMILES string of the molecule is CC(NC(=O)/C=C/c1ccccc1)C(=O)NCCCC(=O)N1CCc2ccccc2C1. The lowest BCUT2D eigenvalue weighted by molar-refractivity contribution is -0.132. The first-order valence-corrected chi connectivity index (χ1v) is 10.7. The summed E-state index contributed by atoms with van der Waals surface area (Å²) in [6, 6.07) is 17.0. The lowest BCUT2D eigenvalue weighted by Crippen LogP contribution is -2.44. The molecular weight excluding hydrogens is 390 g/mol. The zero-order valence-electron chi connectivity index (χ0n) is 17.8. The molecule has 162 valence electrons. The van der Waals surface area contributed by atoms with Crippen molar-refractivity contribution in [1.29, 1.82) is 0 Å². The van der Waals surface area contributed by atoms with Crippen molar-refractivity contribution >= 4 is 23.8 Å². The van der Waals surface area contributed by atoms with Crippen LogP contribution >= 0.6 is 0 Å². The van der Waals surface area contributed by atoms with Crippen molar-refractivity contribution in [2.75, 3.05) is 13.1 Å². The van der Waals surface area contributed by atoms with Crippen molar-refractivity contribution in [2.45, 2.75) is 38.8 Å². The predicted octanol–water partition coefficient (Wildman–Crippen LogP) is 2.69. The molecule has 3 amide bonds. The van der Waals surface area contributed by atoms with Crippen LogP contribution in [0.5, 0.6) is 0 Å². The molecule has 1 aliphatic heterocycles. The molecule has 1 unspecified atom stereocenters. The molecule has 0 bridgehead atoms. The van der Waals surface area contributed by atoms with Gasteiger partial charge in [-0.3, -0.25) is 14.4 Å². The standard InChI is InChI=1S/C25H29N3O3/c1-19(27-23(29)14-13-20-8-3-2-4-9-20)25(31)26-16-7-12-24(30)28-17-15-21-10-5-6-11-22(21)18-28/h2-6,8-11,13-14,19H,7,12,15-18H2,1H3,(H,26,31)(H,27,29)/b14-13+. The molecule has 0 radical (unpaired) electrons. The number of fused-ring (bicyclic) bond motifs is 1. The number of benzene rings is 2. The molecule has 31 heavy (non-hydrogen) atoms. The smallest absolute Gasteiger partial charge is 0.244 e. The fourth-order valence-electron chi connectivity index (χ4n) is 3.53. The van der Waals surface area contributed by atoms with Gasteiger partial charge in [-0.25, -0.2) is 0 Å². The van der Waals surface area contributed by atoms with E-state index >= 15 is 0 Å². The van der Waals surface area contributed by atoms with Crippen molar-refractivity contribution < 1.29 is 14.4 Å². The maximum absolute atomic E-state index is 12.5. The average Bonchev–Trinajstić information content (AvgIpc) is 2.80. The first kappa shape index (κ1) is 22.3. The molecule has 0 spiro atoms. The van der Waals surface area contributed by atoms with Gasteiger partial charge in [0.2, 0.25) is 17.7 Å². The highest BCUT2D eigenvalue weighted by atomic mass is 16.2. The first-order chi connectivity index (χ1) is 15.0. The molecular formula is C25H29N3O3. The summed E-state index contributed by atoms with van der Waals surface area (Å²) in [7, 11) is 0. The van der Waals surface area contributed by atoms with Crippen molar-refractivity contribution in [2.24, 2.45) is 0 Å². The minimum Gasteiger partial charge on any atom is -0.354 e. The Balaban J connectivity index is 1.33. The molecule has 2 aromatic carbocycles. The molecule has 0 fully saturated rings. The largest absolute Gasteiger partial charge is 0.354 e. The Bertz CT molecular complexity index is 940. The summed E-state index contributed by atoms with van der Waals surface area (Å²) in [6.45, 7) is 3.43. The van der Waals surface area contributed by atoms with Gasteiger partial charge >= 0.3 is 0 Å². The molecule has 2 N–H and O–H groups in total. The Morgan fingerprint density at radius 2 is 1.74 bits per heavy atom. The van der Waals surface area contributed by atoms with Crippen molar-refractivity contribution in [1.82, 2.24) is 15.5 Å². The van der Waals surface area contributed by atoms with Crippen molar-refractivity contribution in [3.05, 3.63) is 77.4 Å². The van der Waals surface area contributed by atoms with E-state index in [4.69, 9.17) is 0 Å². The van der Waals surface area contributed by atoms with Crippen LogP contribution in [0, 0.1) is 0 Å². The van der Waals surface area contributed by atoms with Crippen LogP contribution in [0.4, 0.5) is 0 Å². The summed E-state index contributed by atoms with van der Waals surface area (Å²) in [5.74, 6) is -0.482. The second-order valence-corrected chi connectivity index (χ2v) is 7.70. The first-order valence-electron chi connectivity index (χ1n) is 10.7. The molecule has 6 nitrogen and oxygen atoms in total. The monoisotopic (exact) mass is 419 g/mol. The van der Waals surface area contributed by atoms with E-state index in [9.17, 15) is 14.4 Å². The van der Waals surface area contributed by atoms with Crippen LogP contribution in [-0.4, -0.2) is 41.8 Å². The highest BCUT2D eigenvalue weighted by Gasteiger charge is 2.20. The summed E-state index contributed by atoms with van der Waals surface area (Å²) in [5.41, 5.74) is 3.44. The quantitative estimate of drug-likeness (QED) is 0.510. The van der Waals surface area contributed by atoms with Gasteiger partial charge in [0.25, 0.3) is 0 Å². The van der Waals surface area contributed by atoms with Crippen LogP contribution in [0.3, 0.4) is 0 Å². The van der Waals surface area contributed by atoms with Gasteiger partial charge in [-0.05, 0) is 42.5 Å². The van der Waals surface area contributed by atoms with E-state index in [-0.39, 0.29) is 17.7 Å². The van der Waals surface area contributed by atoms with Crippen LogP contribution in [0.1, 0.15) is 36.5 Å². The maximum Gasteiger partial charge on any atom is 0.244 e. The Labute approximate surface area is 183 Å². The van der Waals surface area contributed by atoms with Crippen LogP contribution in [0.15, 0.2) is 60.7 Å². The van der Waals surface area contributed by atoms with Crippen LogP contribution in [-0.2, 0) is 27.3 Å². The zero-order chi connectivity index (χ0) is 22.1. The van der Waals surface area contributed by atoms with Gasteiger partial charge in [0.05, 0.1) is 0 Å². The topological polar surface area (TPSA) is 78.5 Å². The molecule has 6 heteroatoms. The number of amides is 3. The number of rotatable bonds is 8. The summed E-state index contributed by atoms with van der Waals surface area (Å²) >= 11 is 0. The number of nitrogens with zero attached hydrogens (tertiary/aromatic N) is 1. The van der Waals surface area contributed by atoms with E-state index in [1.54, 1.807) is 13.0 Å². The van der Waals surface area contributed by atoms with Crippen LogP contribution < -0.4 is 10.6 Å².